The maximum atomic E-state index is 12.1. The normalized spacial score (nSPS) is 10.5. The highest BCUT2D eigenvalue weighted by Gasteiger charge is 2.15. The first-order valence-electron chi connectivity index (χ1n) is 8.43. The number of benzene rings is 2. The number of halogens is 1. The number of hydrogen-bond acceptors (Lipinski definition) is 4. The number of hydrogen-bond donors (Lipinski definition) is 1. The Morgan fingerprint density at radius 2 is 1.81 bits per heavy atom. The van der Waals surface area contributed by atoms with Crippen molar-refractivity contribution in [2.45, 2.75) is 27.2 Å². The minimum atomic E-state index is -0.515. The molecule has 6 nitrogen and oxygen atoms in total. The molecule has 0 bridgehead atoms. The summed E-state index contributed by atoms with van der Waals surface area (Å²) in [6, 6.07) is 17.1. The summed E-state index contributed by atoms with van der Waals surface area (Å²) in [6.07, 6.45) is -0.515. The molecule has 2 aromatic carbocycles. The summed E-state index contributed by atoms with van der Waals surface area (Å²) in [6.45, 7) is 4.16. The van der Waals surface area contributed by atoms with Gasteiger partial charge in [0.1, 0.15) is 12.4 Å². The third kappa shape index (κ3) is 5.10. The van der Waals surface area contributed by atoms with Crippen molar-refractivity contribution in [3.63, 3.8) is 0 Å². The van der Waals surface area contributed by atoms with Gasteiger partial charge in [0.25, 0.3) is 0 Å². The number of aryl methyl sites for hydroxylation is 1. The molecule has 0 aliphatic heterocycles. The van der Waals surface area contributed by atoms with Gasteiger partial charge >= 0.3 is 6.09 Å². The van der Waals surface area contributed by atoms with E-state index in [-0.39, 0.29) is 13.3 Å². The maximum Gasteiger partial charge on any atom is 0.412 e. The van der Waals surface area contributed by atoms with Crippen LogP contribution in [0.3, 0.4) is 0 Å². The second-order valence-electron chi connectivity index (χ2n) is 5.96. The third-order valence-electron chi connectivity index (χ3n) is 3.99. The molecule has 3 aromatic rings. The zero-order chi connectivity index (χ0) is 19.2. The van der Waals surface area contributed by atoms with E-state index in [1.54, 1.807) is 4.68 Å². The minimum absolute atomic E-state index is 0.214. The topological polar surface area (TPSA) is 65.4 Å². The van der Waals surface area contributed by atoms with Crippen molar-refractivity contribution in [1.29, 1.82) is 0 Å². The highest BCUT2D eigenvalue weighted by molar-refractivity contribution is 9.10. The summed E-state index contributed by atoms with van der Waals surface area (Å²) in [5, 5.41) is 7.19. The average Bonchev–Trinajstić information content (AvgIpc) is 2.94. The van der Waals surface area contributed by atoms with E-state index in [9.17, 15) is 4.79 Å². The monoisotopic (exact) mass is 429 g/mol. The molecular weight excluding hydrogens is 410 g/mol. The predicted molar refractivity (Wildman–Crippen MR) is 107 cm³/mol. The summed E-state index contributed by atoms with van der Waals surface area (Å²) in [5.74, 6) is 0.738. The minimum Gasteiger partial charge on any atom is -0.471 e. The van der Waals surface area contributed by atoms with Gasteiger partial charge in [-0.3, -0.25) is 5.32 Å². The maximum absolute atomic E-state index is 12.1. The molecule has 1 heterocycles. The van der Waals surface area contributed by atoms with E-state index in [1.165, 1.54) is 0 Å². The van der Waals surface area contributed by atoms with Crippen molar-refractivity contribution in [1.82, 2.24) is 9.78 Å². The van der Waals surface area contributed by atoms with Gasteiger partial charge in [-0.2, -0.15) is 5.10 Å². The van der Waals surface area contributed by atoms with E-state index in [4.69, 9.17) is 9.47 Å². The van der Waals surface area contributed by atoms with Gasteiger partial charge in [-0.15, -0.1) is 0 Å². The predicted octanol–water partition coefficient (Wildman–Crippen LogP) is 5.05. The molecule has 1 aromatic heterocycles. The molecule has 0 unspecified atom stereocenters. The van der Waals surface area contributed by atoms with Gasteiger partial charge in [0.15, 0.2) is 6.73 Å². The smallest absolute Gasteiger partial charge is 0.412 e. The van der Waals surface area contributed by atoms with E-state index in [1.807, 2.05) is 68.4 Å². The number of amides is 1. The number of nitrogens with zero attached hydrogens (tertiary/aromatic N) is 2. The average molecular weight is 430 g/mol. The van der Waals surface area contributed by atoms with Crippen LogP contribution in [0.4, 0.5) is 10.5 Å². The molecule has 1 amide bonds. The van der Waals surface area contributed by atoms with Crippen LogP contribution in [0, 0.1) is 13.8 Å². The quantitative estimate of drug-likeness (QED) is 0.595. The molecule has 0 fully saturated rings. The summed E-state index contributed by atoms with van der Waals surface area (Å²) in [4.78, 5) is 12.1. The van der Waals surface area contributed by atoms with E-state index in [2.05, 4.69) is 26.3 Å². The largest absolute Gasteiger partial charge is 0.471 e. The first-order valence-corrected chi connectivity index (χ1v) is 9.22. The van der Waals surface area contributed by atoms with Gasteiger partial charge in [-0.1, -0.05) is 46.3 Å². The number of carbonyl (C=O) groups is 1. The zero-order valence-electron chi connectivity index (χ0n) is 15.1. The molecule has 7 heteroatoms. The van der Waals surface area contributed by atoms with Crippen LogP contribution < -0.4 is 10.1 Å². The fraction of sp³-hybridized carbons (Fsp3) is 0.200. The van der Waals surface area contributed by atoms with Crippen LogP contribution in [-0.4, -0.2) is 15.9 Å². The van der Waals surface area contributed by atoms with Crippen LogP contribution in [0.2, 0.25) is 0 Å². The van der Waals surface area contributed by atoms with E-state index in [0.29, 0.717) is 11.4 Å². The van der Waals surface area contributed by atoms with Gasteiger partial charge < -0.3 is 9.47 Å². The number of ether oxygens (including phenoxy) is 2. The summed E-state index contributed by atoms with van der Waals surface area (Å²) < 4.78 is 13.7. The lowest BCUT2D eigenvalue weighted by Gasteiger charge is -2.09. The molecule has 0 atom stereocenters. The Bertz CT molecular complexity index is 908. The Morgan fingerprint density at radius 3 is 2.52 bits per heavy atom. The van der Waals surface area contributed by atoms with Crippen LogP contribution >= 0.6 is 15.9 Å². The number of anilines is 1. The summed E-state index contributed by atoms with van der Waals surface area (Å²) >= 11 is 3.39. The Hall–Kier alpha value is -2.80. The van der Waals surface area contributed by atoms with Gasteiger partial charge in [0.05, 0.1) is 17.1 Å². The first kappa shape index (κ1) is 19.0. The molecule has 0 saturated heterocycles. The summed E-state index contributed by atoms with van der Waals surface area (Å²) in [5.41, 5.74) is 3.05. The fourth-order valence-electron chi connectivity index (χ4n) is 2.53. The standard InChI is InChI=1S/C20H20BrN3O3/c1-14-19(22-20(25)26-12-16-6-4-3-5-7-16)15(2)24(23-14)13-27-18-10-8-17(21)9-11-18/h3-11H,12-13H2,1-2H3,(H,22,25). The molecule has 0 saturated carbocycles. The summed E-state index contributed by atoms with van der Waals surface area (Å²) in [7, 11) is 0. The molecule has 140 valence electrons. The van der Waals surface area contributed by atoms with Gasteiger partial charge in [0.2, 0.25) is 0 Å². The van der Waals surface area contributed by atoms with Crippen molar-refractivity contribution in [2.75, 3.05) is 5.32 Å². The molecular formula is C20H20BrN3O3. The van der Waals surface area contributed by atoms with Crippen LogP contribution in [-0.2, 0) is 18.1 Å². The van der Waals surface area contributed by atoms with E-state index in [0.717, 1.165) is 21.5 Å². The molecule has 3 rings (SSSR count). The fourth-order valence-corrected chi connectivity index (χ4v) is 2.80. The third-order valence-corrected chi connectivity index (χ3v) is 4.52. The van der Waals surface area contributed by atoms with Gasteiger partial charge in [0, 0.05) is 4.47 Å². The van der Waals surface area contributed by atoms with Crippen LogP contribution in [0.15, 0.2) is 59.1 Å². The molecule has 1 N–H and O–H groups in total. The van der Waals surface area contributed by atoms with Gasteiger partial charge in [-0.05, 0) is 43.7 Å². The molecule has 0 aliphatic carbocycles. The lowest BCUT2D eigenvalue weighted by atomic mass is 10.2. The van der Waals surface area contributed by atoms with Crippen LogP contribution in [0.5, 0.6) is 5.75 Å². The van der Waals surface area contributed by atoms with Crippen LogP contribution in [0.1, 0.15) is 17.0 Å². The van der Waals surface area contributed by atoms with Crippen molar-refractivity contribution in [2.24, 2.45) is 0 Å². The molecule has 0 radical (unpaired) electrons. The Morgan fingerprint density at radius 1 is 1.11 bits per heavy atom. The molecule has 0 aliphatic rings. The second-order valence-corrected chi connectivity index (χ2v) is 6.88. The first-order chi connectivity index (χ1) is 13.0. The molecule has 0 spiro atoms. The lowest BCUT2D eigenvalue weighted by molar-refractivity contribution is 0.155. The molecule has 27 heavy (non-hydrogen) atoms. The lowest BCUT2D eigenvalue weighted by Crippen LogP contribution is -2.15. The van der Waals surface area contributed by atoms with Gasteiger partial charge in [-0.25, -0.2) is 9.48 Å². The Kier molecular flexibility index (Phi) is 6.13. The SMILES string of the molecule is Cc1nn(COc2ccc(Br)cc2)c(C)c1NC(=O)OCc1ccccc1. The highest BCUT2D eigenvalue weighted by atomic mass is 79.9. The zero-order valence-corrected chi connectivity index (χ0v) is 16.7. The highest BCUT2D eigenvalue weighted by Crippen LogP contribution is 2.21. The van der Waals surface area contributed by atoms with Crippen molar-refractivity contribution >= 4 is 27.7 Å². The number of aromatic nitrogens is 2. The number of nitrogens with one attached hydrogen (secondary N) is 1. The van der Waals surface area contributed by atoms with Crippen LogP contribution in [0.25, 0.3) is 0 Å². The Balaban J connectivity index is 1.59. The number of carbonyl (C=O) groups excluding carboxylic acids is 1. The van der Waals surface area contributed by atoms with Crippen molar-refractivity contribution in [3.05, 3.63) is 76.0 Å². The van der Waals surface area contributed by atoms with Crippen molar-refractivity contribution < 1.29 is 14.3 Å². The van der Waals surface area contributed by atoms with E-state index < -0.39 is 6.09 Å². The Labute approximate surface area is 166 Å². The van der Waals surface area contributed by atoms with E-state index >= 15 is 0 Å². The second kappa shape index (κ2) is 8.73. The number of rotatable bonds is 6. The van der Waals surface area contributed by atoms with Crippen molar-refractivity contribution in [3.8, 4) is 5.75 Å².